The van der Waals surface area contributed by atoms with Gasteiger partial charge in [0.25, 0.3) is 0 Å². The number of hydrogen-bond acceptors (Lipinski definition) is 3. The first kappa shape index (κ1) is 10.2. The topological polar surface area (TPSA) is 37.3 Å². The second kappa shape index (κ2) is 7.28. The van der Waals surface area contributed by atoms with E-state index in [1.807, 2.05) is 0 Å². The first-order valence-corrected chi connectivity index (χ1v) is 4.96. The monoisotopic (exact) mass is 180 g/mol. The van der Waals surface area contributed by atoms with Crippen LogP contribution in [0.2, 0.25) is 0 Å². The zero-order valence-corrected chi connectivity index (χ0v) is 7.46. The number of hydrogen-bond donors (Lipinski definition) is 2. The minimum Gasteiger partial charge on any atom is -0.481 e. The summed E-state index contributed by atoms with van der Waals surface area (Å²) < 4.78 is 0. The van der Waals surface area contributed by atoms with Gasteiger partial charge in [-0.2, -0.15) is 24.4 Å². The fourth-order valence-corrected chi connectivity index (χ4v) is 1.67. The van der Waals surface area contributed by atoms with Crippen molar-refractivity contribution in [3.8, 4) is 0 Å². The molecule has 0 aromatic heterocycles. The summed E-state index contributed by atoms with van der Waals surface area (Å²) in [5, 5.41) is 8.24. The van der Waals surface area contributed by atoms with Gasteiger partial charge in [-0.25, -0.2) is 0 Å². The summed E-state index contributed by atoms with van der Waals surface area (Å²) in [7, 11) is 0. The van der Waals surface area contributed by atoms with Crippen molar-refractivity contribution in [2.24, 2.45) is 0 Å². The maximum absolute atomic E-state index is 10.0. The van der Waals surface area contributed by atoms with Crippen LogP contribution in [0.1, 0.15) is 12.8 Å². The highest BCUT2D eigenvalue weighted by Gasteiger charge is 1.94. The number of aliphatic carboxylic acids is 1. The van der Waals surface area contributed by atoms with Crippen molar-refractivity contribution in [1.82, 2.24) is 0 Å². The second-order valence-electron chi connectivity index (χ2n) is 1.83. The van der Waals surface area contributed by atoms with Crippen LogP contribution < -0.4 is 0 Å². The van der Waals surface area contributed by atoms with Crippen LogP contribution >= 0.6 is 24.4 Å². The number of thiol groups is 1. The van der Waals surface area contributed by atoms with E-state index in [2.05, 4.69) is 12.6 Å². The molecule has 2 nitrogen and oxygen atoms in total. The highest BCUT2D eigenvalue weighted by molar-refractivity contribution is 7.99. The number of carbonyl (C=O) groups is 1. The highest BCUT2D eigenvalue weighted by atomic mass is 32.2. The van der Waals surface area contributed by atoms with Crippen molar-refractivity contribution >= 4 is 30.4 Å². The number of rotatable bonds is 6. The van der Waals surface area contributed by atoms with Gasteiger partial charge in [0.05, 0.1) is 6.42 Å². The van der Waals surface area contributed by atoms with Gasteiger partial charge in [-0.1, -0.05) is 0 Å². The number of thioether (sulfide) groups is 1. The molecule has 0 aromatic rings. The second-order valence-corrected chi connectivity index (χ2v) is 3.51. The molecule has 0 radical (unpaired) electrons. The molecular weight excluding hydrogens is 168 g/mol. The average molecular weight is 180 g/mol. The predicted molar refractivity (Wildman–Crippen MR) is 48.0 cm³/mol. The zero-order valence-electron chi connectivity index (χ0n) is 5.75. The van der Waals surface area contributed by atoms with Gasteiger partial charge in [-0.15, -0.1) is 0 Å². The zero-order chi connectivity index (χ0) is 7.82. The van der Waals surface area contributed by atoms with Crippen LogP contribution in [0.4, 0.5) is 0 Å². The van der Waals surface area contributed by atoms with Crippen LogP contribution in [-0.2, 0) is 4.79 Å². The van der Waals surface area contributed by atoms with Crippen LogP contribution in [0, 0.1) is 0 Å². The van der Waals surface area contributed by atoms with Crippen molar-refractivity contribution in [3.05, 3.63) is 0 Å². The Balaban J connectivity index is 2.84. The van der Waals surface area contributed by atoms with Crippen LogP contribution in [-0.4, -0.2) is 28.3 Å². The van der Waals surface area contributed by atoms with Crippen molar-refractivity contribution in [1.29, 1.82) is 0 Å². The molecular formula is C6H12O2S2. The predicted octanol–water partition coefficient (Wildman–Crippen LogP) is 1.51. The molecule has 0 aliphatic carbocycles. The van der Waals surface area contributed by atoms with E-state index in [0.29, 0.717) is 0 Å². The molecule has 0 fully saturated rings. The van der Waals surface area contributed by atoms with Gasteiger partial charge in [0.15, 0.2) is 0 Å². The Morgan fingerprint density at radius 1 is 1.50 bits per heavy atom. The molecule has 0 unspecified atom stereocenters. The third-order valence-corrected chi connectivity index (χ3v) is 2.29. The first-order valence-electron chi connectivity index (χ1n) is 3.17. The Morgan fingerprint density at radius 3 is 2.70 bits per heavy atom. The standard InChI is InChI=1S/C6H12O2S2/c7-6(8)2-5-10-4-1-3-9/h9H,1-5H2,(H,7,8). The van der Waals surface area contributed by atoms with Crippen LogP contribution in [0.25, 0.3) is 0 Å². The van der Waals surface area contributed by atoms with E-state index in [1.54, 1.807) is 11.8 Å². The van der Waals surface area contributed by atoms with E-state index in [9.17, 15) is 4.79 Å². The van der Waals surface area contributed by atoms with Gasteiger partial charge in [0.2, 0.25) is 0 Å². The molecule has 0 amide bonds. The molecule has 0 aliphatic heterocycles. The molecule has 0 saturated heterocycles. The molecule has 0 spiro atoms. The number of carboxylic acid groups (broad SMARTS) is 1. The van der Waals surface area contributed by atoms with Gasteiger partial charge in [-0.05, 0) is 17.9 Å². The van der Waals surface area contributed by atoms with E-state index in [4.69, 9.17) is 5.11 Å². The lowest BCUT2D eigenvalue weighted by Crippen LogP contribution is -1.96. The SMILES string of the molecule is O=C(O)CCSCCCS. The van der Waals surface area contributed by atoms with Crippen molar-refractivity contribution in [2.45, 2.75) is 12.8 Å². The van der Waals surface area contributed by atoms with Crippen molar-refractivity contribution in [3.63, 3.8) is 0 Å². The Kier molecular flexibility index (Phi) is 7.40. The Morgan fingerprint density at radius 2 is 2.20 bits per heavy atom. The number of carboxylic acids is 1. The van der Waals surface area contributed by atoms with E-state index >= 15 is 0 Å². The van der Waals surface area contributed by atoms with E-state index < -0.39 is 5.97 Å². The summed E-state index contributed by atoms with van der Waals surface area (Å²) in [5.74, 6) is 1.93. The third-order valence-electron chi connectivity index (χ3n) is 0.907. The molecule has 0 atom stereocenters. The molecule has 0 bridgehead atoms. The van der Waals surface area contributed by atoms with Crippen molar-refractivity contribution in [2.75, 3.05) is 17.3 Å². The van der Waals surface area contributed by atoms with Gasteiger partial charge in [-0.3, -0.25) is 4.79 Å². The maximum Gasteiger partial charge on any atom is 0.304 e. The summed E-state index contributed by atoms with van der Waals surface area (Å²) >= 11 is 5.71. The molecule has 0 aromatic carbocycles. The largest absolute Gasteiger partial charge is 0.481 e. The van der Waals surface area contributed by atoms with Crippen LogP contribution in [0.3, 0.4) is 0 Å². The average Bonchev–Trinajstić information content (AvgIpc) is 1.87. The molecule has 10 heavy (non-hydrogen) atoms. The van der Waals surface area contributed by atoms with Crippen LogP contribution in [0.5, 0.6) is 0 Å². The lowest BCUT2D eigenvalue weighted by Gasteiger charge is -1.95. The van der Waals surface area contributed by atoms with E-state index in [0.717, 1.165) is 23.7 Å². The van der Waals surface area contributed by atoms with Gasteiger partial charge >= 0.3 is 5.97 Å². The first-order chi connectivity index (χ1) is 4.77. The van der Waals surface area contributed by atoms with Crippen LogP contribution in [0.15, 0.2) is 0 Å². The lowest BCUT2D eigenvalue weighted by molar-refractivity contribution is -0.136. The quantitative estimate of drug-likeness (QED) is 0.480. The normalized spacial score (nSPS) is 9.70. The Labute approximate surface area is 70.8 Å². The fraction of sp³-hybridized carbons (Fsp3) is 0.833. The Bertz CT molecular complexity index is 95.7. The van der Waals surface area contributed by atoms with Gasteiger partial charge < -0.3 is 5.11 Å². The van der Waals surface area contributed by atoms with Gasteiger partial charge in [0, 0.05) is 5.75 Å². The minimum absolute atomic E-state index is 0.275. The lowest BCUT2D eigenvalue weighted by atomic mass is 10.5. The maximum atomic E-state index is 10.0. The molecule has 0 saturated carbocycles. The molecule has 1 N–H and O–H groups in total. The van der Waals surface area contributed by atoms with E-state index in [-0.39, 0.29) is 6.42 Å². The summed E-state index contributed by atoms with van der Waals surface area (Å²) in [6.07, 6.45) is 1.34. The summed E-state index contributed by atoms with van der Waals surface area (Å²) in [5.41, 5.74) is 0. The minimum atomic E-state index is -0.710. The summed E-state index contributed by atoms with van der Waals surface area (Å²) in [4.78, 5) is 10.0. The fourth-order valence-electron chi connectivity index (χ4n) is 0.428. The summed E-state index contributed by atoms with van der Waals surface area (Å²) in [6, 6.07) is 0. The smallest absolute Gasteiger partial charge is 0.304 e. The van der Waals surface area contributed by atoms with E-state index in [1.165, 1.54) is 0 Å². The molecule has 0 rings (SSSR count). The Hall–Kier alpha value is 0.170. The molecule has 4 heteroatoms. The van der Waals surface area contributed by atoms with Gasteiger partial charge in [0.1, 0.15) is 0 Å². The molecule has 60 valence electrons. The molecule has 0 aliphatic rings. The summed E-state index contributed by atoms with van der Waals surface area (Å²) in [6.45, 7) is 0. The highest BCUT2D eigenvalue weighted by Crippen LogP contribution is 2.04. The third kappa shape index (κ3) is 8.17. The molecule has 0 heterocycles. The van der Waals surface area contributed by atoms with Crippen molar-refractivity contribution < 1.29 is 9.90 Å².